The largest absolute Gasteiger partial charge is 0.496 e. The summed E-state index contributed by atoms with van der Waals surface area (Å²) in [6, 6.07) is 9.65. The van der Waals surface area contributed by atoms with Crippen molar-refractivity contribution in [3.8, 4) is 5.75 Å². The molecule has 130 valence electrons. The number of benzene rings is 1. The molecule has 1 amide bonds. The molecule has 0 bridgehead atoms. The fraction of sp³-hybridized carbons (Fsp3) is 0.412. The number of hydrogen-bond donors (Lipinski definition) is 1. The number of halogens is 1. The molecule has 1 saturated heterocycles. The topological polar surface area (TPSA) is 59.4 Å². The van der Waals surface area contributed by atoms with Crippen LogP contribution in [0.3, 0.4) is 0 Å². The van der Waals surface area contributed by atoms with Gasteiger partial charge in [0.25, 0.3) is 5.91 Å². The van der Waals surface area contributed by atoms with E-state index in [4.69, 9.17) is 4.74 Å². The first-order valence-corrected chi connectivity index (χ1v) is 7.77. The SMILES string of the molecule is COc1ccccc1C1CNCCN1C(=O)c1cc(C)nn1C.Cl. The van der Waals surface area contributed by atoms with Crippen LogP contribution in [0.15, 0.2) is 30.3 Å². The number of aryl methyl sites for hydroxylation is 2. The van der Waals surface area contributed by atoms with E-state index in [1.54, 1.807) is 18.8 Å². The average molecular weight is 351 g/mol. The average Bonchev–Trinajstić information content (AvgIpc) is 2.92. The molecule has 2 aromatic rings. The Morgan fingerprint density at radius 2 is 2.12 bits per heavy atom. The highest BCUT2D eigenvalue weighted by Gasteiger charge is 2.31. The number of rotatable bonds is 3. The van der Waals surface area contributed by atoms with Crippen molar-refractivity contribution in [3.05, 3.63) is 47.3 Å². The molecule has 1 fully saturated rings. The quantitative estimate of drug-likeness (QED) is 0.919. The van der Waals surface area contributed by atoms with Crippen LogP contribution < -0.4 is 10.1 Å². The number of hydrogen-bond acceptors (Lipinski definition) is 4. The van der Waals surface area contributed by atoms with Gasteiger partial charge >= 0.3 is 0 Å². The van der Waals surface area contributed by atoms with Crippen molar-refractivity contribution >= 4 is 18.3 Å². The number of para-hydroxylation sites is 1. The maximum Gasteiger partial charge on any atom is 0.272 e. The van der Waals surface area contributed by atoms with Gasteiger partial charge in [-0.25, -0.2) is 0 Å². The minimum absolute atomic E-state index is 0. The second-order valence-corrected chi connectivity index (χ2v) is 5.75. The van der Waals surface area contributed by atoms with E-state index >= 15 is 0 Å². The molecule has 2 heterocycles. The third kappa shape index (κ3) is 3.39. The van der Waals surface area contributed by atoms with Gasteiger partial charge in [-0.05, 0) is 19.1 Å². The Hall–Kier alpha value is -2.05. The van der Waals surface area contributed by atoms with Crippen molar-refractivity contribution in [2.24, 2.45) is 7.05 Å². The smallest absolute Gasteiger partial charge is 0.272 e. The van der Waals surface area contributed by atoms with Crippen LogP contribution >= 0.6 is 12.4 Å². The predicted molar refractivity (Wildman–Crippen MR) is 94.8 cm³/mol. The third-order valence-corrected chi connectivity index (χ3v) is 4.22. The predicted octanol–water partition coefficient (Wildman–Crippen LogP) is 1.95. The summed E-state index contributed by atoms with van der Waals surface area (Å²) in [6.07, 6.45) is 0. The number of nitrogens with zero attached hydrogens (tertiary/aromatic N) is 3. The maximum absolute atomic E-state index is 13.0. The molecule has 1 aromatic carbocycles. The van der Waals surface area contributed by atoms with Gasteiger partial charge in [-0.3, -0.25) is 9.48 Å². The van der Waals surface area contributed by atoms with E-state index < -0.39 is 0 Å². The molecule has 1 aliphatic rings. The van der Waals surface area contributed by atoms with Crippen molar-refractivity contribution in [1.82, 2.24) is 20.0 Å². The van der Waals surface area contributed by atoms with Crippen molar-refractivity contribution in [3.63, 3.8) is 0 Å². The van der Waals surface area contributed by atoms with Crippen LogP contribution in [0.25, 0.3) is 0 Å². The Kier molecular flexibility index (Phi) is 5.85. The zero-order valence-electron chi connectivity index (χ0n) is 14.2. The zero-order valence-corrected chi connectivity index (χ0v) is 15.0. The Bertz CT molecular complexity index is 716. The number of amides is 1. The highest BCUT2D eigenvalue weighted by Crippen LogP contribution is 2.31. The van der Waals surface area contributed by atoms with Gasteiger partial charge in [0.15, 0.2) is 0 Å². The summed E-state index contributed by atoms with van der Waals surface area (Å²) in [5.41, 5.74) is 2.48. The lowest BCUT2D eigenvalue weighted by Crippen LogP contribution is -2.49. The molecule has 7 heteroatoms. The lowest BCUT2D eigenvalue weighted by molar-refractivity contribution is 0.0620. The van der Waals surface area contributed by atoms with Crippen LogP contribution in [0.2, 0.25) is 0 Å². The summed E-state index contributed by atoms with van der Waals surface area (Å²) in [7, 11) is 3.46. The summed E-state index contributed by atoms with van der Waals surface area (Å²) in [5, 5.41) is 7.66. The Labute approximate surface area is 148 Å². The Morgan fingerprint density at radius 1 is 1.38 bits per heavy atom. The molecule has 1 unspecified atom stereocenters. The molecule has 3 rings (SSSR count). The number of nitrogens with one attached hydrogen (secondary N) is 1. The molecule has 0 radical (unpaired) electrons. The summed E-state index contributed by atoms with van der Waals surface area (Å²) in [4.78, 5) is 14.9. The van der Waals surface area contributed by atoms with Crippen LogP contribution in [0.1, 0.15) is 27.8 Å². The number of methoxy groups -OCH3 is 1. The fourth-order valence-corrected chi connectivity index (χ4v) is 3.12. The second-order valence-electron chi connectivity index (χ2n) is 5.75. The van der Waals surface area contributed by atoms with Crippen LogP contribution in [0.5, 0.6) is 5.75 Å². The molecule has 1 aromatic heterocycles. The zero-order chi connectivity index (χ0) is 16.4. The van der Waals surface area contributed by atoms with Crippen LogP contribution in [0.4, 0.5) is 0 Å². The fourth-order valence-electron chi connectivity index (χ4n) is 3.12. The van der Waals surface area contributed by atoms with E-state index in [0.717, 1.165) is 23.6 Å². The molecule has 1 atom stereocenters. The van der Waals surface area contributed by atoms with Crippen LogP contribution in [-0.2, 0) is 7.05 Å². The van der Waals surface area contributed by atoms with Crippen molar-refractivity contribution in [2.45, 2.75) is 13.0 Å². The summed E-state index contributed by atoms with van der Waals surface area (Å²) < 4.78 is 7.13. The highest BCUT2D eigenvalue weighted by atomic mass is 35.5. The molecule has 0 aliphatic carbocycles. The molecule has 0 spiro atoms. The molecule has 0 saturated carbocycles. The summed E-state index contributed by atoms with van der Waals surface area (Å²) in [6.45, 7) is 4.05. The monoisotopic (exact) mass is 350 g/mol. The van der Waals surface area contributed by atoms with Gasteiger partial charge in [0.1, 0.15) is 11.4 Å². The minimum atomic E-state index is -0.0531. The van der Waals surface area contributed by atoms with Crippen LogP contribution in [-0.4, -0.2) is 47.3 Å². The minimum Gasteiger partial charge on any atom is -0.496 e. The van der Waals surface area contributed by atoms with Gasteiger partial charge in [-0.15, -0.1) is 12.4 Å². The number of aromatic nitrogens is 2. The maximum atomic E-state index is 13.0. The van der Waals surface area contributed by atoms with E-state index in [1.807, 2.05) is 42.2 Å². The standard InChI is InChI=1S/C17H22N4O2.ClH/c1-12-10-14(20(2)19-12)17(22)21-9-8-18-11-15(21)13-6-4-5-7-16(13)23-3;/h4-7,10,15,18H,8-9,11H2,1-3H3;1H. The third-order valence-electron chi connectivity index (χ3n) is 4.22. The lowest BCUT2D eigenvalue weighted by Gasteiger charge is -2.37. The molecular formula is C17H23ClN4O2. The van der Waals surface area contributed by atoms with Crippen LogP contribution in [0, 0.1) is 6.92 Å². The van der Waals surface area contributed by atoms with E-state index in [-0.39, 0.29) is 24.4 Å². The first-order valence-electron chi connectivity index (χ1n) is 7.77. The Balaban J connectivity index is 0.00000208. The van der Waals surface area contributed by atoms with Crippen molar-refractivity contribution in [2.75, 3.05) is 26.7 Å². The van der Waals surface area contributed by atoms with Crippen molar-refractivity contribution in [1.29, 1.82) is 0 Å². The van der Waals surface area contributed by atoms with E-state index in [9.17, 15) is 4.79 Å². The van der Waals surface area contributed by atoms with Gasteiger partial charge in [0, 0.05) is 32.2 Å². The number of carbonyl (C=O) groups is 1. The molecular weight excluding hydrogens is 328 g/mol. The van der Waals surface area contributed by atoms with E-state index in [2.05, 4.69) is 10.4 Å². The highest BCUT2D eigenvalue weighted by molar-refractivity contribution is 5.93. The molecule has 6 nitrogen and oxygen atoms in total. The number of piperazine rings is 1. The Morgan fingerprint density at radius 3 is 2.79 bits per heavy atom. The number of ether oxygens (including phenoxy) is 1. The lowest BCUT2D eigenvalue weighted by atomic mass is 10.0. The molecule has 1 N–H and O–H groups in total. The first-order chi connectivity index (χ1) is 11.1. The van der Waals surface area contributed by atoms with Gasteiger partial charge in [-0.2, -0.15) is 5.10 Å². The second kappa shape index (κ2) is 7.68. The molecule has 1 aliphatic heterocycles. The molecule has 24 heavy (non-hydrogen) atoms. The van der Waals surface area contributed by atoms with Gasteiger partial charge < -0.3 is 15.0 Å². The normalized spacial score (nSPS) is 17.3. The van der Waals surface area contributed by atoms with Gasteiger partial charge in [0.05, 0.1) is 18.8 Å². The first kappa shape index (κ1) is 18.3. The van der Waals surface area contributed by atoms with Gasteiger partial charge in [0.2, 0.25) is 0 Å². The van der Waals surface area contributed by atoms with E-state index in [1.165, 1.54) is 0 Å². The summed E-state index contributed by atoms with van der Waals surface area (Å²) >= 11 is 0. The van der Waals surface area contributed by atoms with Gasteiger partial charge in [-0.1, -0.05) is 18.2 Å². The van der Waals surface area contributed by atoms with Crippen molar-refractivity contribution < 1.29 is 9.53 Å². The number of carbonyl (C=O) groups excluding carboxylic acids is 1. The summed E-state index contributed by atoms with van der Waals surface area (Å²) in [5.74, 6) is 0.811. The van der Waals surface area contributed by atoms with E-state index in [0.29, 0.717) is 18.8 Å².